The number of hydrogen-bond donors (Lipinski definition) is 1. The third-order valence-corrected chi connectivity index (χ3v) is 5.78. The van der Waals surface area contributed by atoms with Crippen molar-refractivity contribution in [3.63, 3.8) is 0 Å². The lowest BCUT2D eigenvalue weighted by molar-refractivity contribution is -0.128. The van der Waals surface area contributed by atoms with Crippen molar-refractivity contribution in [1.29, 1.82) is 0 Å². The lowest BCUT2D eigenvalue weighted by Gasteiger charge is -2.41. The lowest BCUT2D eigenvalue weighted by atomic mass is 10.1. The number of nitrogens with zero attached hydrogens (tertiary/aromatic N) is 2. The fraction of sp³-hybridized carbons (Fsp3) is 0.357. The number of imide groups is 1. The molecule has 1 aromatic carbocycles. The van der Waals surface area contributed by atoms with Crippen LogP contribution in [0.25, 0.3) is 0 Å². The highest BCUT2D eigenvalue weighted by Gasteiger charge is 2.45. The molecule has 2 saturated heterocycles. The molecule has 1 N–H and O–H groups in total. The molecule has 2 aliphatic heterocycles. The maximum Gasteiger partial charge on any atom is 0.324 e. The first kappa shape index (κ1) is 15.6. The number of amides is 3. The molecule has 0 aromatic heterocycles. The fourth-order valence-corrected chi connectivity index (χ4v) is 4.17. The molecule has 122 valence electrons. The summed E-state index contributed by atoms with van der Waals surface area (Å²) in [6, 6.07) is 4.87. The number of ketones is 1. The highest BCUT2D eigenvalue weighted by molar-refractivity contribution is 7.89. The monoisotopic (exact) mass is 337 g/mol. The summed E-state index contributed by atoms with van der Waals surface area (Å²) in [6.07, 6.45) is 0. The Morgan fingerprint density at radius 1 is 1.26 bits per heavy atom. The Balaban J connectivity index is 1.76. The Morgan fingerprint density at radius 2 is 1.96 bits per heavy atom. The van der Waals surface area contributed by atoms with E-state index in [9.17, 15) is 22.8 Å². The van der Waals surface area contributed by atoms with Gasteiger partial charge < -0.3 is 5.32 Å². The number of nitrogens with one attached hydrogen (secondary N) is 1. The van der Waals surface area contributed by atoms with Crippen LogP contribution in [0.2, 0.25) is 0 Å². The number of Topliss-reactive ketones (excluding diaryl/α,β-unsaturated/α-hetero) is 1. The Labute approximate surface area is 133 Å². The topological polar surface area (TPSA) is 104 Å². The Bertz CT molecular complexity index is 782. The first-order valence-electron chi connectivity index (χ1n) is 7.02. The summed E-state index contributed by atoms with van der Waals surface area (Å²) in [5.41, 5.74) is 0.317. The number of benzene rings is 1. The Hall–Kier alpha value is -2.26. The minimum absolute atomic E-state index is 0.0286. The first-order chi connectivity index (χ1) is 10.8. The normalized spacial score (nSPS) is 19.6. The highest BCUT2D eigenvalue weighted by atomic mass is 32.2. The highest BCUT2D eigenvalue weighted by Crippen LogP contribution is 2.26. The van der Waals surface area contributed by atoms with Crippen LogP contribution >= 0.6 is 0 Å². The van der Waals surface area contributed by atoms with Crippen LogP contribution in [0.5, 0.6) is 0 Å². The average Bonchev–Trinajstić information content (AvgIpc) is 2.78. The molecule has 3 amide bonds. The van der Waals surface area contributed by atoms with Crippen molar-refractivity contribution in [2.75, 3.05) is 19.6 Å². The molecule has 2 aliphatic rings. The van der Waals surface area contributed by atoms with E-state index < -0.39 is 22.1 Å². The first-order valence-corrected chi connectivity index (χ1v) is 8.46. The van der Waals surface area contributed by atoms with Crippen LogP contribution in [0.15, 0.2) is 29.2 Å². The molecule has 0 aliphatic carbocycles. The van der Waals surface area contributed by atoms with E-state index in [1.807, 2.05) is 0 Å². The van der Waals surface area contributed by atoms with Crippen LogP contribution in [0.1, 0.15) is 17.3 Å². The van der Waals surface area contributed by atoms with E-state index in [0.29, 0.717) is 5.56 Å². The summed E-state index contributed by atoms with van der Waals surface area (Å²) >= 11 is 0. The number of urea groups is 1. The van der Waals surface area contributed by atoms with E-state index in [1.54, 1.807) is 6.07 Å². The summed E-state index contributed by atoms with van der Waals surface area (Å²) in [5, 5.41) is 2.41. The predicted octanol–water partition coefficient (Wildman–Crippen LogP) is -0.186. The van der Waals surface area contributed by atoms with E-state index in [4.69, 9.17) is 0 Å². The van der Waals surface area contributed by atoms with Crippen LogP contribution in [0, 0.1) is 0 Å². The van der Waals surface area contributed by atoms with Gasteiger partial charge in [0.05, 0.1) is 17.5 Å². The van der Waals surface area contributed by atoms with Crippen molar-refractivity contribution in [2.24, 2.45) is 0 Å². The molecule has 2 fully saturated rings. The van der Waals surface area contributed by atoms with Crippen molar-refractivity contribution in [3.05, 3.63) is 29.8 Å². The minimum atomic E-state index is -3.74. The smallest absolute Gasteiger partial charge is 0.324 e. The predicted molar refractivity (Wildman–Crippen MR) is 79.2 cm³/mol. The van der Waals surface area contributed by atoms with E-state index in [1.165, 1.54) is 29.4 Å². The molecule has 1 aromatic rings. The third kappa shape index (κ3) is 2.62. The van der Waals surface area contributed by atoms with Crippen molar-refractivity contribution >= 4 is 27.7 Å². The van der Waals surface area contributed by atoms with Gasteiger partial charge in [-0.15, -0.1) is 0 Å². The zero-order valence-electron chi connectivity index (χ0n) is 12.4. The summed E-state index contributed by atoms with van der Waals surface area (Å²) in [6.45, 7) is 1.43. The zero-order chi connectivity index (χ0) is 16.8. The summed E-state index contributed by atoms with van der Waals surface area (Å²) < 4.78 is 26.2. The van der Waals surface area contributed by atoms with Crippen LogP contribution in [-0.4, -0.2) is 61.0 Å². The van der Waals surface area contributed by atoms with Gasteiger partial charge >= 0.3 is 6.03 Å². The van der Waals surface area contributed by atoms with Crippen LogP contribution in [0.4, 0.5) is 4.79 Å². The second kappa shape index (κ2) is 5.43. The molecule has 0 radical (unpaired) electrons. The molecule has 9 heteroatoms. The Morgan fingerprint density at radius 3 is 2.52 bits per heavy atom. The molecule has 0 saturated carbocycles. The van der Waals surface area contributed by atoms with Crippen LogP contribution in [-0.2, 0) is 14.8 Å². The van der Waals surface area contributed by atoms with Gasteiger partial charge in [0.2, 0.25) is 15.9 Å². The SMILES string of the molecule is CC(=O)c1cccc(S(=O)(=O)N2CC(N3C(=O)CNC3=O)C2)c1. The van der Waals surface area contributed by atoms with Gasteiger partial charge in [-0.05, 0) is 19.1 Å². The fourth-order valence-electron chi connectivity index (χ4n) is 2.61. The standard InChI is InChI=1S/C14H15N3O5S/c1-9(18)10-3-2-4-12(5-10)23(21,22)16-7-11(8-16)17-13(19)6-15-14(17)20/h2-5,11H,6-8H2,1H3,(H,15,20). The van der Waals surface area contributed by atoms with Gasteiger partial charge in [0.1, 0.15) is 0 Å². The van der Waals surface area contributed by atoms with Crippen molar-refractivity contribution in [1.82, 2.24) is 14.5 Å². The molecule has 3 rings (SSSR count). The summed E-state index contributed by atoms with van der Waals surface area (Å²) in [5.74, 6) is -0.571. The molecule has 23 heavy (non-hydrogen) atoms. The second-order valence-corrected chi connectivity index (χ2v) is 7.42. The van der Waals surface area contributed by atoms with Crippen molar-refractivity contribution in [3.8, 4) is 0 Å². The molecule has 2 heterocycles. The van der Waals surface area contributed by atoms with Crippen molar-refractivity contribution < 1.29 is 22.8 Å². The molecule has 0 spiro atoms. The molecular weight excluding hydrogens is 322 g/mol. The second-order valence-electron chi connectivity index (χ2n) is 5.48. The zero-order valence-corrected chi connectivity index (χ0v) is 13.2. The maximum absolute atomic E-state index is 12.5. The van der Waals surface area contributed by atoms with E-state index in [2.05, 4.69) is 5.32 Å². The van der Waals surface area contributed by atoms with Gasteiger partial charge in [0, 0.05) is 18.7 Å². The molecule has 0 bridgehead atoms. The summed E-state index contributed by atoms with van der Waals surface area (Å²) in [7, 11) is -3.74. The number of sulfonamides is 1. The third-order valence-electron chi connectivity index (χ3n) is 3.95. The molecule has 0 atom stereocenters. The lowest BCUT2D eigenvalue weighted by Crippen LogP contribution is -2.62. The van der Waals surface area contributed by atoms with Crippen LogP contribution < -0.4 is 5.32 Å². The number of carbonyl (C=O) groups excluding carboxylic acids is 3. The number of carbonyl (C=O) groups is 3. The van der Waals surface area contributed by atoms with Gasteiger partial charge in [0.15, 0.2) is 5.78 Å². The molecule has 0 unspecified atom stereocenters. The Kier molecular flexibility index (Phi) is 3.69. The van der Waals surface area contributed by atoms with Gasteiger partial charge in [-0.3, -0.25) is 14.5 Å². The van der Waals surface area contributed by atoms with Gasteiger partial charge in [-0.1, -0.05) is 12.1 Å². The van der Waals surface area contributed by atoms with Gasteiger partial charge in [-0.2, -0.15) is 4.31 Å². The molecular formula is C14H15N3O5S. The average molecular weight is 337 g/mol. The van der Waals surface area contributed by atoms with E-state index in [-0.39, 0.29) is 36.2 Å². The van der Waals surface area contributed by atoms with Crippen molar-refractivity contribution in [2.45, 2.75) is 17.9 Å². The minimum Gasteiger partial charge on any atom is -0.329 e. The maximum atomic E-state index is 12.5. The van der Waals surface area contributed by atoms with E-state index >= 15 is 0 Å². The van der Waals surface area contributed by atoms with Crippen LogP contribution in [0.3, 0.4) is 0 Å². The van der Waals surface area contributed by atoms with E-state index in [0.717, 1.165) is 4.90 Å². The molecule has 8 nitrogen and oxygen atoms in total. The van der Waals surface area contributed by atoms with Gasteiger partial charge in [-0.25, -0.2) is 13.2 Å². The number of rotatable bonds is 4. The largest absolute Gasteiger partial charge is 0.329 e. The van der Waals surface area contributed by atoms with Gasteiger partial charge in [0.25, 0.3) is 0 Å². The quantitative estimate of drug-likeness (QED) is 0.606. The number of hydrogen-bond acceptors (Lipinski definition) is 5. The summed E-state index contributed by atoms with van der Waals surface area (Å²) in [4.78, 5) is 35.6.